The molecule has 4 nitrogen and oxygen atoms in total. The number of carbonyl (C=O) groups excluding carboxylic acids is 2. The van der Waals surface area contributed by atoms with E-state index in [0.29, 0.717) is 24.8 Å². The SMILES string of the molecule is CC(C)C1CCC(=O)N(CC(N)=O)CC1. The van der Waals surface area contributed by atoms with Crippen LogP contribution in [-0.4, -0.2) is 29.8 Å². The molecule has 0 aromatic heterocycles. The molecule has 1 saturated heterocycles. The van der Waals surface area contributed by atoms with Gasteiger partial charge in [0.2, 0.25) is 11.8 Å². The average Bonchev–Trinajstić information content (AvgIpc) is 2.29. The standard InChI is InChI=1S/C11H20N2O2/c1-8(2)9-3-4-11(15)13(6-5-9)7-10(12)14/h8-9H,3-7H2,1-2H3,(H2,12,14). The van der Waals surface area contributed by atoms with Crippen molar-refractivity contribution in [3.05, 3.63) is 0 Å². The van der Waals surface area contributed by atoms with E-state index < -0.39 is 5.91 Å². The van der Waals surface area contributed by atoms with Crippen LogP contribution in [0.3, 0.4) is 0 Å². The van der Waals surface area contributed by atoms with Gasteiger partial charge in [-0.2, -0.15) is 0 Å². The molecule has 86 valence electrons. The highest BCUT2D eigenvalue weighted by molar-refractivity contribution is 5.83. The van der Waals surface area contributed by atoms with Crippen LogP contribution in [0.25, 0.3) is 0 Å². The van der Waals surface area contributed by atoms with E-state index in [9.17, 15) is 9.59 Å². The second-order valence-electron chi connectivity index (χ2n) is 4.61. The van der Waals surface area contributed by atoms with Crippen LogP contribution in [0.1, 0.15) is 33.1 Å². The monoisotopic (exact) mass is 212 g/mol. The number of hydrogen-bond donors (Lipinski definition) is 1. The Morgan fingerprint density at radius 3 is 2.73 bits per heavy atom. The number of hydrogen-bond acceptors (Lipinski definition) is 2. The van der Waals surface area contributed by atoms with Crippen molar-refractivity contribution in [3.63, 3.8) is 0 Å². The van der Waals surface area contributed by atoms with E-state index in [1.54, 1.807) is 4.90 Å². The van der Waals surface area contributed by atoms with Gasteiger partial charge >= 0.3 is 0 Å². The molecule has 1 aliphatic heterocycles. The summed E-state index contributed by atoms with van der Waals surface area (Å²) in [5.41, 5.74) is 5.10. The van der Waals surface area contributed by atoms with Gasteiger partial charge in [0.25, 0.3) is 0 Å². The largest absolute Gasteiger partial charge is 0.368 e. The second-order valence-corrected chi connectivity index (χ2v) is 4.61. The van der Waals surface area contributed by atoms with Crippen LogP contribution >= 0.6 is 0 Å². The summed E-state index contributed by atoms with van der Waals surface area (Å²) in [5, 5.41) is 0. The first-order chi connectivity index (χ1) is 7.00. The summed E-state index contributed by atoms with van der Waals surface area (Å²) in [6.07, 6.45) is 2.47. The predicted molar refractivity (Wildman–Crippen MR) is 58.0 cm³/mol. The third-order valence-corrected chi connectivity index (χ3v) is 3.14. The quantitative estimate of drug-likeness (QED) is 0.750. The molecule has 0 bridgehead atoms. The van der Waals surface area contributed by atoms with Gasteiger partial charge in [-0.1, -0.05) is 13.8 Å². The molecule has 1 heterocycles. The van der Waals surface area contributed by atoms with Crippen LogP contribution in [0, 0.1) is 11.8 Å². The van der Waals surface area contributed by atoms with Gasteiger partial charge in [0.05, 0.1) is 6.54 Å². The van der Waals surface area contributed by atoms with Crippen molar-refractivity contribution < 1.29 is 9.59 Å². The summed E-state index contributed by atoms with van der Waals surface area (Å²) in [5.74, 6) is 0.835. The van der Waals surface area contributed by atoms with E-state index in [4.69, 9.17) is 5.73 Å². The van der Waals surface area contributed by atoms with Gasteiger partial charge in [0.15, 0.2) is 0 Å². The molecule has 1 rings (SSSR count). The van der Waals surface area contributed by atoms with Crippen LogP contribution in [0.2, 0.25) is 0 Å². The Morgan fingerprint density at radius 1 is 1.53 bits per heavy atom. The lowest BCUT2D eigenvalue weighted by Crippen LogP contribution is -2.38. The number of nitrogens with zero attached hydrogens (tertiary/aromatic N) is 1. The van der Waals surface area contributed by atoms with Crippen molar-refractivity contribution in [2.45, 2.75) is 33.1 Å². The summed E-state index contributed by atoms with van der Waals surface area (Å²) in [6, 6.07) is 0. The van der Waals surface area contributed by atoms with Gasteiger partial charge in [-0.25, -0.2) is 0 Å². The minimum Gasteiger partial charge on any atom is -0.368 e. The molecule has 1 unspecified atom stereocenters. The fourth-order valence-corrected chi connectivity index (χ4v) is 2.08. The lowest BCUT2D eigenvalue weighted by molar-refractivity contribution is -0.134. The number of primary amides is 1. The van der Waals surface area contributed by atoms with Crippen LogP contribution in [0.15, 0.2) is 0 Å². The maximum atomic E-state index is 11.6. The van der Waals surface area contributed by atoms with Crippen molar-refractivity contribution in [2.24, 2.45) is 17.6 Å². The first-order valence-corrected chi connectivity index (χ1v) is 5.56. The minimum atomic E-state index is -0.425. The molecule has 2 amide bonds. The highest BCUT2D eigenvalue weighted by atomic mass is 16.2. The fraction of sp³-hybridized carbons (Fsp3) is 0.818. The fourth-order valence-electron chi connectivity index (χ4n) is 2.08. The van der Waals surface area contributed by atoms with Crippen LogP contribution in [-0.2, 0) is 9.59 Å². The molecule has 4 heteroatoms. The maximum absolute atomic E-state index is 11.6. The lowest BCUT2D eigenvalue weighted by atomic mass is 9.89. The molecule has 15 heavy (non-hydrogen) atoms. The number of amides is 2. The Labute approximate surface area is 90.8 Å². The number of nitrogens with two attached hydrogens (primary N) is 1. The molecular weight excluding hydrogens is 192 g/mol. The Kier molecular flexibility index (Phi) is 4.12. The van der Waals surface area contributed by atoms with Crippen molar-refractivity contribution in [1.29, 1.82) is 0 Å². The third kappa shape index (κ3) is 3.53. The van der Waals surface area contributed by atoms with E-state index in [0.717, 1.165) is 12.8 Å². The minimum absolute atomic E-state index is 0.0666. The Morgan fingerprint density at radius 2 is 2.20 bits per heavy atom. The molecule has 1 atom stereocenters. The highest BCUT2D eigenvalue weighted by Gasteiger charge is 2.24. The Hall–Kier alpha value is -1.06. The van der Waals surface area contributed by atoms with Crippen molar-refractivity contribution in [3.8, 4) is 0 Å². The van der Waals surface area contributed by atoms with Crippen LogP contribution in [0.5, 0.6) is 0 Å². The molecule has 1 fully saturated rings. The summed E-state index contributed by atoms with van der Waals surface area (Å²) < 4.78 is 0. The summed E-state index contributed by atoms with van der Waals surface area (Å²) in [6.45, 7) is 5.10. The van der Waals surface area contributed by atoms with Crippen LogP contribution < -0.4 is 5.73 Å². The van der Waals surface area contributed by atoms with Crippen molar-refractivity contribution >= 4 is 11.8 Å². The van der Waals surface area contributed by atoms with E-state index in [1.165, 1.54) is 0 Å². The Bertz CT molecular complexity index is 251. The summed E-state index contributed by atoms with van der Waals surface area (Å²) in [4.78, 5) is 24.0. The normalized spacial score (nSPS) is 23.0. The third-order valence-electron chi connectivity index (χ3n) is 3.14. The molecule has 0 aromatic carbocycles. The predicted octanol–water partition coefficient (Wildman–Crippen LogP) is 0.756. The molecular formula is C11H20N2O2. The zero-order valence-electron chi connectivity index (χ0n) is 9.53. The van der Waals surface area contributed by atoms with Gasteiger partial charge in [0.1, 0.15) is 0 Å². The van der Waals surface area contributed by atoms with Crippen LogP contribution in [0.4, 0.5) is 0 Å². The topological polar surface area (TPSA) is 63.4 Å². The second kappa shape index (κ2) is 5.14. The molecule has 0 radical (unpaired) electrons. The van der Waals surface area contributed by atoms with E-state index >= 15 is 0 Å². The molecule has 2 N–H and O–H groups in total. The first kappa shape index (κ1) is 12.0. The molecule has 0 saturated carbocycles. The van der Waals surface area contributed by atoms with Gasteiger partial charge in [-0.15, -0.1) is 0 Å². The van der Waals surface area contributed by atoms with E-state index in [-0.39, 0.29) is 12.5 Å². The molecule has 0 spiro atoms. The summed E-state index contributed by atoms with van der Waals surface area (Å²) >= 11 is 0. The zero-order valence-corrected chi connectivity index (χ0v) is 9.53. The van der Waals surface area contributed by atoms with Crippen molar-refractivity contribution in [1.82, 2.24) is 4.90 Å². The van der Waals surface area contributed by atoms with E-state index in [1.807, 2.05) is 0 Å². The first-order valence-electron chi connectivity index (χ1n) is 5.56. The zero-order chi connectivity index (χ0) is 11.4. The molecule has 1 aliphatic rings. The highest BCUT2D eigenvalue weighted by Crippen LogP contribution is 2.24. The molecule has 0 aliphatic carbocycles. The van der Waals surface area contributed by atoms with Gasteiger partial charge in [-0.3, -0.25) is 9.59 Å². The maximum Gasteiger partial charge on any atom is 0.237 e. The van der Waals surface area contributed by atoms with Crippen molar-refractivity contribution in [2.75, 3.05) is 13.1 Å². The molecule has 0 aromatic rings. The number of rotatable bonds is 3. The van der Waals surface area contributed by atoms with E-state index in [2.05, 4.69) is 13.8 Å². The smallest absolute Gasteiger partial charge is 0.237 e. The van der Waals surface area contributed by atoms with Gasteiger partial charge in [0, 0.05) is 13.0 Å². The number of likely N-dealkylation sites (tertiary alicyclic amines) is 1. The van der Waals surface area contributed by atoms with Gasteiger partial charge in [-0.05, 0) is 24.7 Å². The number of carbonyl (C=O) groups is 2. The summed E-state index contributed by atoms with van der Waals surface area (Å²) in [7, 11) is 0. The Balaban J connectivity index is 2.55. The average molecular weight is 212 g/mol. The van der Waals surface area contributed by atoms with Gasteiger partial charge < -0.3 is 10.6 Å². The lowest BCUT2D eigenvalue weighted by Gasteiger charge is -2.20.